The Morgan fingerprint density at radius 1 is 1.05 bits per heavy atom. The molecule has 1 amide bonds. The van der Waals surface area contributed by atoms with Gasteiger partial charge in [-0.15, -0.1) is 0 Å². The van der Waals surface area contributed by atoms with Crippen molar-refractivity contribution in [3.63, 3.8) is 0 Å². The van der Waals surface area contributed by atoms with Gasteiger partial charge < -0.3 is 19.9 Å². The highest BCUT2D eigenvalue weighted by Crippen LogP contribution is 2.29. The van der Waals surface area contributed by atoms with E-state index in [0.717, 1.165) is 5.56 Å². The third kappa shape index (κ3) is 7.38. The van der Waals surface area contributed by atoms with Crippen molar-refractivity contribution < 1.29 is 27.8 Å². The first-order valence-corrected chi connectivity index (χ1v) is 14.7. The number of nitrogens with zero attached hydrogens (tertiary/aromatic N) is 1. The van der Waals surface area contributed by atoms with E-state index in [-0.39, 0.29) is 36.2 Å². The fourth-order valence-electron chi connectivity index (χ4n) is 4.13. The second kappa shape index (κ2) is 13.1. The van der Waals surface area contributed by atoms with Crippen molar-refractivity contribution in [1.29, 1.82) is 0 Å². The van der Waals surface area contributed by atoms with Gasteiger partial charge in [-0.25, -0.2) is 13.4 Å². The number of halogens is 1. The van der Waals surface area contributed by atoms with Crippen LogP contribution in [0.25, 0.3) is 0 Å². The molecule has 1 heterocycles. The number of carbonyl (C=O) groups is 1. The summed E-state index contributed by atoms with van der Waals surface area (Å²) in [6, 6.07) is 22.6. The van der Waals surface area contributed by atoms with Crippen LogP contribution in [0.3, 0.4) is 0 Å². The maximum absolute atomic E-state index is 13.5. The fourth-order valence-corrected chi connectivity index (χ4v) is 5.77. The average molecular weight is 571 g/mol. The van der Waals surface area contributed by atoms with Crippen LogP contribution in [0.1, 0.15) is 24.0 Å². The van der Waals surface area contributed by atoms with Crippen LogP contribution in [0.4, 0.5) is 0 Å². The molecule has 3 aromatic rings. The zero-order valence-corrected chi connectivity index (χ0v) is 23.0. The van der Waals surface area contributed by atoms with Crippen LogP contribution >= 0.6 is 11.6 Å². The van der Waals surface area contributed by atoms with Gasteiger partial charge in [0.1, 0.15) is 12.4 Å². The Morgan fingerprint density at radius 3 is 2.49 bits per heavy atom. The number of hydrogen-bond acceptors (Lipinski definition) is 7. The van der Waals surface area contributed by atoms with Gasteiger partial charge in [-0.05, 0) is 60.9 Å². The monoisotopic (exact) mass is 570 g/mol. The minimum atomic E-state index is -3.64. The largest absolute Gasteiger partial charge is 0.494 e. The maximum atomic E-state index is 13.5. The number of hydrogen-bond donors (Lipinski definition) is 2. The lowest BCUT2D eigenvalue weighted by Crippen LogP contribution is -2.48. The predicted octanol–water partition coefficient (Wildman–Crippen LogP) is 3.84. The SMILES string of the molecule is O=C(NCCc1ccccc1Cl)[C@@]1(CCS(=O)(=O)c2ccccc2)COC(c2ccc(OCCCO)cc2)=N1. The van der Waals surface area contributed by atoms with Crippen molar-refractivity contribution in [2.24, 2.45) is 4.99 Å². The van der Waals surface area contributed by atoms with Crippen LogP contribution in [-0.2, 0) is 25.8 Å². The Balaban J connectivity index is 1.52. The van der Waals surface area contributed by atoms with Gasteiger partial charge in [-0.2, -0.15) is 0 Å². The van der Waals surface area contributed by atoms with Gasteiger partial charge in [-0.1, -0.05) is 48.0 Å². The van der Waals surface area contributed by atoms with Gasteiger partial charge in [0, 0.05) is 30.2 Å². The molecule has 0 aromatic heterocycles. The quantitative estimate of drug-likeness (QED) is 0.302. The van der Waals surface area contributed by atoms with E-state index in [2.05, 4.69) is 10.3 Å². The number of rotatable bonds is 13. The average Bonchev–Trinajstić information content (AvgIpc) is 3.40. The second-order valence-electron chi connectivity index (χ2n) is 9.17. The van der Waals surface area contributed by atoms with Crippen LogP contribution < -0.4 is 10.1 Å². The number of sulfone groups is 1. The summed E-state index contributed by atoms with van der Waals surface area (Å²) in [4.78, 5) is 18.4. The molecule has 0 radical (unpaired) electrons. The van der Waals surface area contributed by atoms with Crippen LogP contribution in [-0.4, -0.2) is 63.0 Å². The number of aliphatic imine (C=N–C) groups is 1. The Morgan fingerprint density at radius 2 is 1.77 bits per heavy atom. The van der Waals surface area contributed by atoms with Gasteiger partial charge in [-0.3, -0.25) is 4.79 Å². The molecule has 39 heavy (non-hydrogen) atoms. The number of nitrogens with one attached hydrogen (secondary N) is 1. The molecule has 1 aliphatic rings. The first-order chi connectivity index (χ1) is 18.8. The van der Waals surface area contributed by atoms with Gasteiger partial charge in [0.05, 0.1) is 17.3 Å². The zero-order chi connectivity index (χ0) is 27.7. The molecule has 206 valence electrons. The molecular formula is C29H31ClN2O6S. The van der Waals surface area contributed by atoms with Crippen molar-refractivity contribution in [3.05, 3.63) is 95.0 Å². The van der Waals surface area contributed by atoms with E-state index in [4.69, 9.17) is 26.2 Å². The van der Waals surface area contributed by atoms with Crippen LogP contribution in [0, 0.1) is 0 Å². The second-order valence-corrected chi connectivity index (χ2v) is 11.7. The van der Waals surface area contributed by atoms with Crippen molar-refractivity contribution in [2.75, 3.05) is 32.1 Å². The molecule has 0 spiro atoms. The molecule has 0 fully saturated rings. The number of aliphatic hydroxyl groups excluding tert-OH is 1. The maximum Gasteiger partial charge on any atom is 0.251 e. The van der Waals surface area contributed by atoms with E-state index in [1.54, 1.807) is 48.5 Å². The lowest BCUT2D eigenvalue weighted by molar-refractivity contribution is -0.126. The highest BCUT2D eigenvalue weighted by Gasteiger charge is 2.45. The lowest BCUT2D eigenvalue weighted by atomic mass is 9.97. The molecule has 0 saturated heterocycles. The minimum absolute atomic E-state index is 0.0469. The molecule has 1 aliphatic heterocycles. The Kier molecular flexibility index (Phi) is 9.61. The van der Waals surface area contributed by atoms with E-state index >= 15 is 0 Å². The van der Waals surface area contributed by atoms with E-state index in [9.17, 15) is 13.2 Å². The number of aliphatic hydroxyl groups is 1. The number of carbonyl (C=O) groups excluding carboxylic acids is 1. The Hall–Kier alpha value is -3.40. The van der Waals surface area contributed by atoms with Crippen LogP contribution in [0.2, 0.25) is 5.02 Å². The smallest absolute Gasteiger partial charge is 0.251 e. The summed E-state index contributed by atoms with van der Waals surface area (Å²) in [7, 11) is -3.64. The van der Waals surface area contributed by atoms with Gasteiger partial charge >= 0.3 is 0 Å². The van der Waals surface area contributed by atoms with E-state index in [1.165, 1.54) is 12.1 Å². The van der Waals surface area contributed by atoms with Crippen LogP contribution in [0.15, 0.2) is 88.8 Å². The summed E-state index contributed by atoms with van der Waals surface area (Å²) in [6.07, 6.45) is 0.991. The summed E-state index contributed by atoms with van der Waals surface area (Å²) in [5.74, 6) is 0.211. The molecular weight excluding hydrogens is 540 g/mol. The number of ether oxygens (including phenoxy) is 2. The summed E-state index contributed by atoms with van der Waals surface area (Å²) in [5.41, 5.74) is 0.128. The Bertz CT molecular complexity index is 1400. The standard InChI is InChI=1S/C29H31ClN2O6S/c30-26-10-5-4-7-22(26)15-17-31-28(34)29(16-20-39(35,36)25-8-2-1-3-9-25)21-38-27(32-29)23-11-13-24(14-12-23)37-19-6-18-33/h1-5,7-14,33H,6,15-21H2,(H,31,34)/t29-/m1/s1. The molecule has 8 nitrogen and oxygen atoms in total. The van der Waals surface area contributed by atoms with Crippen LogP contribution in [0.5, 0.6) is 5.75 Å². The summed E-state index contributed by atoms with van der Waals surface area (Å²) in [6.45, 7) is 0.658. The summed E-state index contributed by atoms with van der Waals surface area (Å²) < 4.78 is 37.5. The third-order valence-electron chi connectivity index (χ3n) is 6.38. The Labute approximate surface area is 233 Å². The molecule has 4 rings (SSSR count). The lowest BCUT2D eigenvalue weighted by Gasteiger charge is -2.23. The first-order valence-electron chi connectivity index (χ1n) is 12.7. The minimum Gasteiger partial charge on any atom is -0.494 e. The van der Waals surface area contributed by atoms with Crippen molar-refractivity contribution in [3.8, 4) is 5.75 Å². The highest BCUT2D eigenvalue weighted by molar-refractivity contribution is 7.91. The predicted molar refractivity (Wildman–Crippen MR) is 150 cm³/mol. The molecule has 10 heteroatoms. The molecule has 0 saturated carbocycles. The number of amides is 1. The molecule has 2 N–H and O–H groups in total. The van der Waals surface area contributed by atoms with E-state index in [0.29, 0.717) is 42.3 Å². The molecule has 0 bridgehead atoms. The first kappa shape index (κ1) is 28.6. The van der Waals surface area contributed by atoms with E-state index < -0.39 is 21.3 Å². The van der Waals surface area contributed by atoms with Gasteiger partial charge in [0.2, 0.25) is 5.90 Å². The molecule has 0 aliphatic carbocycles. The zero-order valence-electron chi connectivity index (χ0n) is 21.4. The summed E-state index contributed by atoms with van der Waals surface area (Å²) >= 11 is 6.24. The molecule has 3 aromatic carbocycles. The molecule has 0 unspecified atom stereocenters. The van der Waals surface area contributed by atoms with Crippen molar-refractivity contribution in [2.45, 2.75) is 29.7 Å². The fraction of sp³-hybridized carbons (Fsp3) is 0.310. The highest BCUT2D eigenvalue weighted by atomic mass is 35.5. The van der Waals surface area contributed by atoms with Gasteiger partial charge in [0.15, 0.2) is 15.4 Å². The van der Waals surface area contributed by atoms with E-state index in [1.807, 2.05) is 18.2 Å². The number of benzene rings is 3. The normalized spacial score (nSPS) is 16.8. The molecule has 1 atom stereocenters. The topological polar surface area (TPSA) is 114 Å². The third-order valence-corrected chi connectivity index (χ3v) is 8.48. The van der Waals surface area contributed by atoms with Gasteiger partial charge in [0.25, 0.3) is 5.91 Å². The van der Waals surface area contributed by atoms with Crippen molar-refractivity contribution >= 4 is 33.2 Å². The van der Waals surface area contributed by atoms with Crippen molar-refractivity contribution in [1.82, 2.24) is 5.32 Å². The summed E-state index contributed by atoms with van der Waals surface area (Å²) in [5, 5.41) is 12.4.